The van der Waals surface area contributed by atoms with Gasteiger partial charge in [0.15, 0.2) is 0 Å². The Balaban J connectivity index is 2.40. The van der Waals surface area contributed by atoms with Crippen LogP contribution in [0.15, 0.2) is 0 Å². The SMILES string of the molecule is CC(C)[C@@H]1CCC[C@@H](C(C)C)O1. The quantitative estimate of drug-likeness (QED) is 0.618. The molecule has 0 aromatic heterocycles. The molecule has 0 amide bonds. The average Bonchev–Trinajstić information content (AvgIpc) is 2.04. The van der Waals surface area contributed by atoms with Gasteiger partial charge in [-0.3, -0.25) is 0 Å². The summed E-state index contributed by atoms with van der Waals surface area (Å²) in [4.78, 5) is 0. The van der Waals surface area contributed by atoms with Gasteiger partial charge in [-0.1, -0.05) is 27.7 Å². The van der Waals surface area contributed by atoms with E-state index in [1.807, 2.05) is 0 Å². The number of hydrogen-bond acceptors (Lipinski definition) is 1. The third-order valence-electron chi connectivity index (χ3n) is 2.81. The Labute approximate surface area is 76.5 Å². The molecule has 72 valence electrons. The molecule has 1 saturated heterocycles. The lowest BCUT2D eigenvalue weighted by atomic mass is 9.92. The van der Waals surface area contributed by atoms with Crippen LogP contribution in [-0.2, 0) is 4.74 Å². The highest BCUT2D eigenvalue weighted by Gasteiger charge is 2.26. The normalized spacial score (nSPS) is 31.5. The topological polar surface area (TPSA) is 9.23 Å². The highest BCUT2D eigenvalue weighted by atomic mass is 16.5. The monoisotopic (exact) mass is 170 g/mol. The summed E-state index contributed by atoms with van der Waals surface area (Å²) >= 11 is 0. The Hall–Kier alpha value is -0.0400. The van der Waals surface area contributed by atoms with Crippen LogP contribution in [0, 0.1) is 11.8 Å². The van der Waals surface area contributed by atoms with E-state index < -0.39 is 0 Å². The Morgan fingerprint density at radius 3 is 1.67 bits per heavy atom. The van der Waals surface area contributed by atoms with Crippen LogP contribution in [0.25, 0.3) is 0 Å². The zero-order valence-corrected chi connectivity index (χ0v) is 8.84. The van der Waals surface area contributed by atoms with Crippen LogP contribution in [0.4, 0.5) is 0 Å². The lowest BCUT2D eigenvalue weighted by Crippen LogP contribution is -2.34. The van der Waals surface area contributed by atoms with Gasteiger partial charge in [0.2, 0.25) is 0 Å². The Kier molecular flexibility index (Phi) is 3.57. The van der Waals surface area contributed by atoms with Crippen LogP contribution in [0.2, 0.25) is 0 Å². The largest absolute Gasteiger partial charge is 0.374 e. The first kappa shape index (κ1) is 10.0. The number of hydrogen-bond donors (Lipinski definition) is 0. The van der Waals surface area contributed by atoms with Gasteiger partial charge in [-0.15, -0.1) is 0 Å². The van der Waals surface area contributed by atoms with Gasteiger partial charge in [-0.05, 0) is 31.1 Å². The summed E-state index contributed by atoms with van der Waals surface area (Å²) < 4.78 is 6.01. The van der Waals surface area contributed by atoms with Crippen LogP contribution in [0.1, 0.15) is 47.0 Å². The van der Waals surface area contributed by atoms with Crippen LogP contribution >= 0.6 is 0 Å². The third kappa shape index (κ3) is 2.48. The summed E-state index contributed by atoms with van der Waals surface area (Å²) in [5, 5.41) is 0. The van der Waals surface area contributed by atoms with E-state index in [1.165, 1.54) is 19.3 Å². The van der Waals surface area contributed by atoms with E-state index in [0.717, 1.165) is 0 Å². The minimum atomic E-state index is 0.520. The lowest BCUT2D eigenvalue weighted by Gasteiger charge is -2.34. The molecule has 0 bridgehead atoms. The summed E-state index contributed by atoms with van der Waals surface area (Å²) in [6.45, 7) is 9.03. The maximum atomic E-state index is 6.01. The molecule has 0 saturated carbocycles. The van der Waals surface area contributed by atoms with E-state index in [0.29, 0.717) is 24.0 Å². The van der Waals surface area contributed by atoms with E-state index in [2.05, 4.69) is 27.7 Å². The highest BCUT2D eigenvalue weighted by molar-refractivity contribution is 4.74. The smallest absolute Gasteiger partial charge is 0.0601 e. The van der Waals surface area contributed by atoms with E-state index in [1.54, 1.807) is 0 Å². The second kappa shape index (κ2) is 4.27. The predicted octanol–water partition coefficient (Wildman–Crippen LogP) is 3.24. The van der Waals surface area contributed by atoms with Crippen molar-refractivity contribution in [3.05, 3.63) is 0 Å². The molecule has 1 rings (SSSR count). The highest BCUT2D eigenvalue weighted by Crippen LogP contribution is 2.27. The Morgan fingerprint density at radius 2 is 1.33 bits per heavy atom. The van der Waals surface area contributed by atoms with Gasteiger partial charge in [0, 0.05) is 0 Å². The molecule has 0 spiro atoms. The first-order valence-electron chi connectivity index (χ1n) is 5.26. The molecule has 0 radical (unpaired) electrons. The summed E-state index contributed by atoms with van der Waals surface area (Å²) in [7, 11) is 0. The molecule has 1 aliphatic heterocycles. The van der Waals surface area contributed by atoms with Crippen LogP contribution in [0.5, 0.6) is 0 Å². The van der Waals surface area contributed by atoms with Crippen LogP contribution in [0.3, 0.4) is 0 Å². The summed E-state index contributed by atoms with van der Waals surface area (Å²) in [5.41, 5.74) is 0. The molecule has 2 atom stereocenters. The van der Waals surface area contributed by atoms with Gasteiger partial charge in [-0.25, -0.2) is 0 Å². The molecule has 1 aliphatic rings. The van der Waals surface area contributed by atoms with Crippen molar-refractivity contribution in [3.63, 3.8) is 0 Å². The average molecular weight is 170 g/mol. The fourth-order valence-electron chi connectivity index (χ4n) is 1.86. The van der Waals surface area contributed by atoms with E-state index >= 15 is 0 Å². The van der Waals surface area contributed by atoms with Crippen molar-refractivity contribution in [2.45, 2.75) is 59.2 Å². The van der Waals surface area contributed by atoms with Crippen molar-refractivity contribution in [1.82, 2.24) is 0 Å². The lowest BCUT2D eigenvalue weighted by molar-refractivity contribution is -0.0892. The molecule has 1 fully saturated rings. The maximum Gasteiger partial charge on any atom is 0.0601 e. The standard InChI is InChI=1S/C11H22O/c1-8(2)10-6-5-7-11(12-10)9(3)4/h8-11H,5-7H2,1-4H3/t10-,11-/m0/s1. The van der Waals surface area contributed by atoms with Gasteiger partial charge < -0.3 is 4.74 Å². The zero-order chi connectivity index (χ0) is 9.14. The molecule has 0 aliphatic carbocycles. The van der Waals surface area contributed by atoms with Gasteiger partial charge >= 0.3 is 0 Å². The summed E-state index contributed by atoms with van der Waals surface area (Å²) in [6.07, 6.45) is 4.92. The van der Waals surface area contributed by atoms with Crippen LogP contribution < -0.4 is 0 Å². The van der Waals surface area contributed by atoms with Gasteiger partial charge in [-0.2, -0.15) is 0 Å². The fraction of sp³-hybridized carbons (Fsp3) is 1.00. The van der Waals surface area contributed by atoms with Gasteiger partial charge in [0.05, 0.1) is 12.2 Å². The predicted molar refractivity (Wildman–Crippen MR) is 52.2 cm³/mol. The summed E-state index contributed by atoms with van der Waals surface area (Å²) in [6, 6.07) is 0. The minimum Gasteiger partial charge on any atom is -0.374 e. The van der Waals surface area contributed by atoms with E-state index in [4.69, 9.17) is 4.74 Å². The van der Waals surface area contributed by atoms with Crippen molar-refractivity contribution in [1.29, 1.82) is 0 Å². The van der Waals surface area contributed by atoms with Crippen molar-refractivity contribution >= 4 is 0 Å². The summed E-state index contributed by atoms with van der Waals surface area (Å²) in [5.74, 6) is 1.37. The molecule has 0 aromatic carbocycles. The van der Waals surface area contributed by atoms with Crippen molar-refractivity contribution in [2.75, 3.05) is 0 Å². The second-order valence-corrected chi connectivity index (χ2v) is 4.63. The van der Waals surface area contributed by atoms with E-state index in [-0.39, 0.29) is 0 Å². The molecular weight excluding hydrogens is 148 g/mol. The number of rotatable bonds is 2. The van der Waals surface area contributed by atoms with Crippen molar-refractivity contribution in [2.24, 2.45) is 11.8 Å². The Bertz CT molecular complexity index is 115. The molecule has 0 unspecified atom stereocenters. The molecular formula is C11H22O. The molecule has 1 heterocycles. The maximum absolute atomic E-state index is 6.01. The van der Waals surface area contributed by atoms with Gasteiger partial charge in [0.25, 0.3) is 0 Å². The first-order chi connectivity index (χ1) is 5.61. The second-order valence-electron chi connectivity index (χ2n) is 4.63. The first-order valence-corrected chi connectivity index (χ1v) is 5.26. The Morgan fingerprint density at radius 1 is 0.917 bits per heavy atom. The molecule has 0 aromatic rings. The van der Waals surface area contributed by atoms with Crippen molar-refractivity contribution < 1.29 is 4.74 Å². The zero-order valence-electron chi connectivity index (χ0n) is 8.84. The molecule has 12 heavy (non-hydrogen) atoms. The third-order valence-corrected chi connectivity index (χ3v) is 2.81. The minimum absolute atomic E-state index is 0.520. The molecule has 0 N–H and O–H groups in total. The van der Waals surface area contributed by atoms with Gasteiger partial charge in [0.1, 0.15) is 0 Å². The molecule has 1 nitrogen and oxygen atoms in total. The molecule has 1 heteroatoms. The van der Waals surface area contributed by atoms with E-state index in [9.17, 15) is 0 Å². The van der Waals surface area contributed by atoms with Crippen LogP contribution in [-0.4, -0.2) is 12.2 Å². The van der Waals surface area contributed by atoms with Crippen molar-refractivity contribution in [3.8, 4) is 0 Å². The number of ether oxygens (including phenoxy) is 1. The fourth-order valence-corrected chi connectivity index (χ4v) is 1.86.